The van der Waals surface area contributed by atoms with Crippen LogP contribution in [-0.2, 0) is 16.1 Å². The van der Waals surface area contributed by atoms with E-state index in [0.717, 1.165) is 31.2 Å². The molecule has 0 atom stereocenters. The van der Waals surface area contributed by atoms with Crippen LogP contribution in [0.15, 0.2) is 18.2 Å². The first-order valence-corrected chi connectivity index (χ1v) is 8.97. The van der Waals surface area contributed by atoms with Crippen molar-refractivity contribution in [2.24, 2.45) is 0 Å². The van der Waals surface area contributed by atoms with Crippen molar-refractivity contribution in [1.29, 1.82) is 0 Å². The highest BCUT2D eigenvalue weighted by molar-refractivity contribution is 5.82. The van der Waals surface area contributed by atoms with Gasteiger partial charge in [0.15, 0.2) is 11.5 Å². The van der Waals surface area contributed by atoms with E-state index in [1.54, 1.807) is 14.2 Å². The zero-order chi connectivity index (χ0) is 18.9. The molecule has 144 valence electrons. The molecule has 7 nitrogen and oxygen atoms in total. The third-order valence-electron chi connectivity index (χ3n) is 4.71. The topological polar surface area (TPSA) is 88.1 Å². The molecule has 1 aromatic carbocycles. The van der Waals surface area contributed by atoms with Gasteiger partial charge in [0, 0.05) is 12.6 Å². The van der Waals surface area contributed by atoms with Crippen molar-refractivity contribution in [3.05, 3.63) is 23.8 Å². The van der Waals surface area contributed by atoms with Crippen LogP contribution in [0.25, 0.3) is 0 Å². The number of amides is 1. The lowest BCUT2D eigenvalue weighted by Crippen LogP contribution is -2.44. The lowest BCUT2D eigenvalue weighted by atomic mass is 9.93. The fraction of sp³-hybridized carbons (Fsp3) is 0.579. The highest BCUT2D eigenvalue weighted by Gasteiger charge is 2.24. The van der Waals surface area contributed by atoms with E-state index in [2.05, 4.69) is 10.2 Å². The predicted molar refractivity (Wildman–Crippen MR) is 97.5 cm³/mol. The van der Waals surface area contributed by atoms with Crippen LogP contribution in [0.1, 0.15) is 37.7 Å². The molecule has 1 aliphatic carbocycles. The highest BCUT2D eigenvalue weighted by atomic mass is 16.5. The summed E-state index contributed by atoms with van der Waals surface area (Å²) in [6.45, 7) is 0.436. The van der Waals surface area contributed by atoms with Gasteiger partial charge in [-0.2, -0.15) is 0 Å². The van der Waals surface area contributed by atoms with Crippen molar-refractivity contribution < 1.29 is 24.2 Å². The molecule has 0 aliphatic heterocycles. The van der Waals surface area contributed by atoms with Crippen LogP contribution in [0.2, 0.25) is 0 Å². The number of hydrogen-bond donors (Lipinski definition) is 2. The van der Waals surface area contributed by atoms with E-state index in [4.69, 9.17) is 14.6 Å². The fourth-order valence-electron chi connectivity index (χ4n) is 3.39. The second-order valence-corrected chi connectivity index (χ2v) is 6.56. The average molecular weight is 364 g/mol. The van der Waals surface area contributed by atoms with Crippen molar-refractivity contribution in [2.45, 2.75) is 44.7 Å². The summed E-state index contributed by atoms with van der Waals surface area (Å²) in [7, 11) is 3.19. The van der Waals surface area contributed by atoms with Crippen LogP contribution in [-0.4, -0.2) is 55.2 Å². The number of carbonyl (C=O) groups excluding carboxylic acids is 1. The van der Waals surface area contributed by atoms with Crippen LogP contribution in [0, 0.1) is 0 Å². The van der Waals surface area contributed by atoms with Crippen molar-refractivity contribution in [1.82, 2.24) is 10.2 Å². The minimum Gasteiger partial charge on any atom is -0.493 e. The Hall–Kier alpha value is -2.28. The van der Waals surface area contributed by atoms with Gasteiger partial charge in [0.2, 0.25) is 5.91 Å². The number of nitrogens with zero attached hydrogens (tertiary/aromatic N) is 1. The van der Waals surface area contributed by atoms with E-state index >= 15 is 0 Å². The number of carboxylic acid groups (broad SMARTS) is 1. The molecule has 2 rings (SSSR count). The third kappa shape index (κ3) is 5.91. The summed E-state index contributed by atoms with van der Waals surface area (Å²) in [4.78, 5) is 24.9. The minimum absolute atomic E-state index is 0.187. The first-order chi connectivity index (χ1) is 12.5. The predicted octanol–water partition coefficient (Wildman–Crippen LogP) is 2.04. The van der Waals surface area contributed by atoms with Gasteiger partial charge in [0.05, 0.1) is 20.8 Å². The molecule has 0 bridgehead atoms. The van der Waals surface area contributed by atoms with Gasteiger partial charge in [0.1, 0.15) is 6.54 Å². The Morgan fingerprint density at radius 1 is 1.15 bits per heavy atom. The molecule has 1 aliphatic rings. The van der Waals surface area contributed by atoms with E-state index in [-0.39, 0.29) is 19.0 Å². The van der Waals surface area contributed by atoms with Crippen molar-refractivity contribution in [3.63, 3.8) is 0 Å². The maximum absolute atomic E-state index is 12.2. The lowest BCUT2D eigenvalue weighted by Gasteiger charge is -2.34. The number of hydrogen-bond acceptors (Lipinski definition) is 5. The molecule has 0 heterocycles. The Kier molecular flexibility index (Phi) is 7.72. The second-order valence-electron chi connectivity index (χ2n) is 6.56. The maximum Gasteiger partial charge on any atom is 0.322 e. The van der Waals surface area contributed by atoms with E-state index in [9.17, 15) is 9.59 Å². The largest absolute Gasteiger partial charge is 0.493 e. The van der Waals surface area contributed by atoms with Crippen LogP contribution in [0.4, 0.5) is 0 Å². The van der Waals surface area contributed by atoms with Crippen LogP contribution in [0.3, 0.4) is 0 Å². The first-order valence-electron chi connectivity index (χ1n) is 8.97. The molecule has 0 unspecified atom stereocenters. The molecule has 1 aromatic rings. The number of methoxy groups -OCH3 is 2. The minimum atomic E-state index is -1.04. The number of carbonyl (C=O) groups is 2. The third-order valence-corrected chi connectivity index (χ3v) is 4.71. The molecule has 0 radical (unpaired) electrons. The quantitative estimate of drug-likeness (QED) is 0.697. The molecule has 0 spiro atoms. The van der Waals surface area contributed by atoms with E-state index < -0.39 is 5.97 Å². The van der Waals surface area contributed by atoms with Gasteiger partial charge in [-0.25, -0.2) is 0 Å². The SMILES string of the molecule is COc1ccc(CN(CC(=O)NCC(=O)O)C2CCCCC2)cc1OC. The van der Waals surface area contributed by atoms with Gasteiger partial charge in [-0.3, -0.25) is 14.5 Å². The first kappa shape index (κ1) is 20.0. The Morgan fingerprint density at radius 2 is 1.85 bits per heavy atom. The van der Waals surface area contributed by atoms with Gasteiger partial charge in [0.25, 0.3) is 0 Å². The van der Waals surface area contributed by atoms with Crippen molar-refractivity contribution >= 4 is 11.9 Å². The Balaban J connectivity index is 2.10. The summed E-state index contributed by atoms with van der Waals surface area (Å²) < 4.78 is 10.6. The molecule has 7 heteroatoms. The Morgan fingerprint density at radius 3 is 2.46 bits per heavy atom. The molecular formula is C19H28N2O5. The molecule has 1 fully saturated rings. The summed E-state index contributed by atoms with van der Waals surface area (Å²) in [6, 6.07) is 6.07. The molecule has 0 saturated heterocycles. The fourth-order valence-corrected chi connectivity index (χ4v) is 3.39. The molecule has 0 aromatic heterocycles. The van der Waals surface area contributed by atoms with Gasteiger partial charge in [-0.05, 0) is 30.5 Å². The van der Waals surface area contributed by atoms with E-state index in [1.165, 1.54) is 6.42 Å². The molecule has 1 amide bonds. The molecule has 2 N–H and O–H groups in total. The zero-order valence-electron chi connectivity index (χ0n) is 15.5. The van der Waals surface area contributed by atoms with E-state index in [1.807, 2.05) is 18.2 Å². The summed E-state index contributed by atoms with van der Waals surface area (Å²) >= 11 is 0. The Labute approximate surface area is 154 Å². The van der Waals surface area contributed by atoms with Crippen molar-refractivity contribution in [3.8, 4) is 11.5 Å². The number of rotatable bonds is 9. The van der Waals surface area contributed by atoms with Gasteiger partial charge in [-0.1, -0.05) is 25.3 Å². The van der Waals surface area contributed by atoms with Crippen molar-refractivity contribution in [2.75, 3.05) is 27.3 Å². The summed E-state index contributed by atoms with van der Waals surface area (Å²) in [5.74, 6) is 0.0181. The number of ether oxygens (including phenoxy) is 2. The second kappa shape index (κ2) is 10.0. The zero-order valence-corrected chi connectivity index (χ0v) is 15.5. The van der Waals surface area contributed by atoms with Crippen LogP contribution >= 0.6 is 0 Å². The average Bonchev–Trinajstić information content (AvgIpc) is 2.66. The maximum atomic E-state index is 12.2. The van der Waals surface area contributed by atoms with Crippen LogP contribution in [0.5, 0.6) is 11.5 Å². The number of nitrogens with one attached hydrogen (secondary N) is 1. The number of aliphatic carboxylic acids is 1. The smallest absolute Gasteiger partial charge is 0.322 e. The summed E-state index contributed by atoms with van der Waals surface area (Å²) in [5, 5.41) is 11.2. The summed E-state index contributed by atoms with van der Waals surface area (Å²) in [6.07, 6.45) is 5.65. The standard InChI is InChI=1S/C19H28N2O5/c1-25-16-9-8-14(10-17(16)26-2)12-21(15-6-4-3-5-7-15)13-18(22)20-11-19(23)24/h8-10,15H,3-7,11-13H2,1-2H3,(H,20,22)(H,23,24). The summed E-state index contributed by atoms with van der Waals surface area (Å²) in [5.41, 5.74) is 1.03. The lowest BCUT2D eigenvalue weighted by molar-refractivity contribution is -0.138. The van der Waals surface area contributed by atoms with Gasteiger partial charge >= 0.3 is 5.97 Å². The van der Waals surface area contributed by atoms with Crippen LogP contribution < -0.4 is 14.8 Å². The molecular weight excluding hydrogens is 336 g/mol. The van der Waals surface area contributed by atoms with Gasteiger partial charge in [-0.15, -0.1) is 0 Å². The monoisotopic (exact) mass is 364 g/mol. The highest BCUT2D eigenvalue weighted by Crippen LogP contribution is 2.29. The number of carboxylic acids is 1. The Bertz CT molecular complexity index is 614. The van der Waals surface area contributed by atoms with Gasteiger partial charge < -0.3 is 19.9 Å². The molecule has 26 heavy (non-hydrogen) atoms. The van der Waals surface area contributed by atoms with E-state index in [0.29, 0.717) is 24.1 Å². The number of benzene rings is 1. The normalized spacial score (nSPS) is 14.9. The molecule has 1 saturated carbocycles.